The smallest absolute Gasteiger partial charge is 0.411 e. The average molecular weight is 229 g/mol. The maximum atomic E-state index is 12.0. The van der Waals surface area contributed by atoms with Crippen molar-refractivity contribution in [2.75, 3.05) is 6.61 Å². The van der Waals surface area contributed by atoms with Crippen molar-refractivity contribution in [1.29, 1.82) is 0 Å². The highest BCUT2D eigenvalue weighted by molar-refractivity contribution is 5.70. The van der Waals surface area contributed by atoms with E-state index in [1.807, 2.05) is 34.6 Å². The van der Waals surface area contributed by atoms with Gasteiger partial charge in [0.2, 0.25) is 0 Å². The summed E-state index contributed by atoms with van der Waals surface area (Å²) in [6, 6.07) is -0.107. The minimum Gasteiger partial charge on any atom is -0.444 e. The number of ether oxygens (including phenoxy) is 1. The summed E-state index contributed by atoms with van der Waals surface area (Å²) >= 11 is 0. The van der Waals surface area contributed by atoms with E-state index in [0.29, 0.717) is 0 Å². The van der Waals surface area contributed by atoms with E-state index in [0.717, 1.165) is 12.8 Å². The summed E-state index contributed by atoms with van der Waals surface area (Å²) in [6.45, 7) is 9.56. The van der Waals surface area contributed by atoms with Crippen molar-refractivity contribution in [2.45, 2.75) is 64.6 Å². The highest BCUT2D eigenvalue weighted by atomic mass is 16.6. The Balaban J connectivity index is 2.79. The summed E-state index contributed by atoms with van der Waals surface area (Å²) in [4.78, 5) is 13.7. The number of aliphatic hydroxyl groups excluding tert-OH is 1. The fourth-order valence-electron chi connectivity index (χ4n) is 2.14. The van der Waals surface area contributed by atoms with Crippen LogP contribution in [0.2, 0.25) is 0 Å². The second kappa shape index (κ2) is 4.24. The minimum atomic E-state index is -0.490. The summed E-state index contributed by atoms with van der Waals surface area (Å²) in [6.07, 6.45) is 1.41. The predicted octanol–water partition coefficient (Wildman–Crippen LogP) is 2.16. The van der Waals surface area contributed by atoms with Gasteiger partial charge in [-0.1, -0.05) is 0 Å². The molecular weight excluding hydrogens is 206 g/mol. The van der Waals surface area contributed by atoms with E-state index in [9.17, 15) is 9.90 Å². The van der Waals surface area contributed by atoms with Gasteiger partial charge < -0.3 is 9.84 Å². The molecule has 94 valence electrons. The van der Waals surface area contributed by atoms with Crippen LogP contribution in [0.1, 0.15) is 47.5 Å². The van der Waals surface area contributed by atoms with E-state index in [2.05, 4.69) is 0 Å². The molecule has 1 aliphatic rings. The highest BCUT2D eigenvalue weighted by Crippen LogP contribution is 2.34. The van der Waals surface area contributed by atoms with Gasteiger partial charge >= 0.3 is 6.09 Å². The lowest BCUT2D eigenvalue weighted by molar-refractivity contribution is -0.00237. The number of nitrogens with zero attached hydrogens (tertiary/aromatic N) is 1. The molecule has 1 rings (SSSR count). The van der Waals surface area contributed by atoms with E-state index in [4.69, 9.17) is 4.74 Å². The number of aliphatic hydroxyl groups is 1. The Bertz CT molecular complexity index is 268. The number of hydrogen-bond acceptors (Lipinski definition) is 3. The number of carbonyl (C=O) groups excluding carboxylic acids is 1. The first kappa shape index (κ1) is 13.3. The number of likely N-dealkylation sites (tertiary alicyclic amines) is 1. The molecule has 16 heavy (non-hydrogen) atoms. The van der Waals surface area contributed by atoms with E-state index in [1.54, 1.807) is 4.90 Å². The molecule has 0 aromatic rings. The number of amides is 1. The average Bonchev–Trinajstić information content (AvgIpc) is 2.37. The third kappa shape index (κ3) is 2.88. The molecule has 0 unspecified atom stereocenters. The Morgan fingerprint density at radius 3 is 2.50 bits per heavy atom. The molecule has 0 aliphatic carbocycles. The van der Waals surface area contributed by atoms with Gasteiger partial charge in [-0.3, -0.25) is 4.90 Å². The van der Waals surface area contributed by atoms with Gasteiger partial charge in [0, 0.05) is 5.54 Å². The van der Waals surface area contributed by atoms with Gasteiger partial charge in [0.1, 0.15) is 5.60 Å². The van der Waals surface area contributed by atoms with Crippen LogP contribution in [0.3, 0.4) is 0 Å². The summed E-state index contributed by atoms with van der Waals surface area (Å²) in [5, 5.41) is 9.27. The van der Waals surface area contributed by atoms with Gasteiger partial charge in [-0.2, -0.15) is 0 Å². The van der Waals surface area contributed by atoms with Crippen molar-refractivity contribution < 1.29 is 14.6 Å². The van der Waals surface area contributed by atoms with Gasteiger partial charge in [0.05, 0.1) is 12.6 Å². The summed E-state index contributed by atoms with van der Waals surface area (Å²) in [5.41, 5.74) is -0.717. The normalized spacial score (nSPS) is 24.6. The van der Waals surface area contributed by atoms with Crippen LogP contribution < -0.4 is 0 Å². The Morgan fingerprint density at radius 1 is 1.50 bits per heavy atom. The van der Waals surface area contributed by atoms with Crippen molar-refractivity contribution in [2.24, 2.45) is 0 Å². The van der Waals surface area contributed by atoms with Gasteiger partial charge in [0.15, 0.2) is 0 Å². The van der Waals surface area contributed by atoms with Crippen LogP contribution in [-0.4, -0.2) is 39.9 Å². The highest BCUT2D eigenvalue weighted by Gasteiger charge is 2.43. The number of carbonyl (C=O) groups is 1. The van der Waals surface area contributed by atoms with Crippen molar-refractivity contribution in [3.8, 4) is 0 Å². The Morgan fingerprint density at radius 2 is 2.06 bits per heavy atom. The molecule has 1 aliphatic heterocycles. The number of rotatable bonds is 1. The van der Waals surface area contributed by atoms with Crippen LogP contribution in [0.4, 0.5) is 4.79 Å². The molecule has 1 heterocycles. The molecular formula is C12H23NO3. The third-order valence-electron chi connectivity index (χ3n) is 2.91. The van der Waals surface area contributed by atoms with Gasteiger partial charge in [0.25, 0.3) is 0 Å². The minimum absolute atomic E-state index is 0.00265. The van der Waals surface area contributed by atoms with Crippen molar-refractivity contribution in [3.05, 3.63) is 0 Å². The zero-order valence-electron chi connectivity index (χ0n) is 10.9. The van der Waals surface area contributed by atoms with Gasteiger partial charge in [-0.05, 0) is 47.5 Å². The molecule has 1 N–H and O–H groups in total. The van der Waals surface area contributed by atoms with Crippen molar-refractivity contribution >= 4 is 6.09 Å². The van der Waals surface area contributed by atoms with Crippen LogP contribution in [0.25, 0.3) is 0 Å². The van der Waals surface area contributed by atoms with Crippen LogP contribution in [0.15, 0.2) is 0 Å². The van der Waals surface area contributed by atoms with E-state index in [-0.39, 0.29) is 24.3 Å². The van der Waals surface area contributed by atoms with E-state index < -0.39 is 5.60 Å². The molecule has 0 aromatic carbocycles. The molecule has 0 radical (unpaired) electrons. The third-order valence-corrected chi connectivity index (χ3v) is 2.91. The lowest BCUT2D eigenvalue weighted by Gasteiger charge is -2.36. The van der Waals surface area contributed by atoms with E-state index >= 15 is 0 Å². The summed E-state index contributed by atoms with van der Waals surface area (Å²) in [5.74, 6) is 0. The topological polar surface area (TPSA) is 49.8 Å². The fraction of sp³-hybridized carbons (Fsp3) is 0.917. The predicted molar refractivity (Wildman–Crippen MR) is 62.3 cm³/mol. The lowest BCUT2D eigenvalue weighted by Crippen LogP contribution is -2.50. The Kier molecular flexibility index (Phi) is 3.53. The molecule has 4 heteroatoms. The maximum Gasteiger partial charge on any atom is 0.411 e. The molecule has 0 aromatic heterocycles. The molecule has 0 saturated carbocycles. The molecule has 0 bridgehead atoms. The van der Waals surface area contributed by atoms with Crippen LogP contribution in [0.5, 0.6) is 0 Å². The maximum absolute atomic E-state index is 12.0. The zero-order valence-corrected chi connectivity index (χ0v) is 10.9. The van der Waals surface area contributed by atoms with Crippen molar-refractivity contribution in [1.82, 2.24) is 4.90 Å². The standard InChI is InChI=1S/C12H23NO3/c1-11(2,3)16-10(15)13-9(8-14)6-7-12(13,4)5/h9,14H,6-8H2,1-5H3/t9-/m1/s1. The lowest BCUT2D eigenvalue weighted by atomic mass is 10.0. The number of hydrogen-bond donors (Lipinski definition) is 1. The quantitative estimate of drug-likeness (QED) is 0.749. The first-order valence-corrected chi connectivity index (χ1v) is 5.80. The van der Waals surface area contributed by atoms with Crippen LogP contribution in [0, 0.1) is 0 Å². The molecule has 4 nitrogen and oxygen atoms in total. The Hall–Kier alpha value is -0.770. The first-order chi connectivity index (χ1) is 7.17. The zero-order chi connectivity index (χ0) is 12.6. The van der Waals surface area contributed by atoms with Crippen molar-refractivity contribution in [3.63, 3.8) is 0 Å². The molecule has 1 atom stereocenters. The summed E-state index contributed by atoms with van der Waals surface area (Å²) in [7, 11) is 0. The SMILES string of the molecule is CC(C)(C)OC(=O)N1[C@@H](CO)CCC1(C)C. The molecule has 1 saturated heterocycles. The Labute approximate surface area is 97.6 Å². The second-order valence-corrected chi connectivity index (χ2v) is 6.04. The van der Waals surface area contributed by atoms with E-state index in [1.165, 1.54) is 0 Å². The van der Waals surface area contributed by atoms with Gasteiger partial charge in [-0.15, -0.1) is 0 Å². The molecule has 1 amide bonds. The fourth-order valence-corrected chi connectivity index (χ4v) is 2.14. The van der Waals surface area contributed by atoms with Crippen LogP contribution in [-0.2, 0) is 4.74 Å². The molecule has 1 fully saturated rings. The summed E-state index contributed by atoms with van der Waals surface area (Å²) < 4.78 is 5.37. The largest absolute Gasteiger partial charge is 0.444 e. The van der Waals surface area contributed by atoms with Gasteiger partial charge in [-0.25, -0.2) is 4.79 Å². The molecule has 0 spiro atoms. The monoisotopic (exact) mass is 229 g/mol. The van der Waals surface area contributed by atoms with Crippen LogP contribution >= 0.6 is 0 Å². The second-order valence-electron chi connectivity index (χ2n) is 6.04. The first-order valence-electron chi connectivity index (χ1n) is 5.80.